The Kier molecular flexibility index (Phi) is 8.27. The zero-order chi connectivity index (χ0) is 27.2. The van der Waals surface area contributed by atoms with Crippen LogP contribution in [0.5, 0.6) is 0 Å². The minimum atomic E-state index is -0.769. The van der Waals surface area contributed by atoms with Crippen LogP contribution in [-0.4, -0.2) is 47.5 Å². The third-order valence-corrected chi connectivity index (χ3v) is 7.92. The van der Waals surface area contributed by atoms with Gasteiger partial charge in [0.05, 0.1) is 0 Å². The Balaban J connectivity index is 1.35. The van der Waals surface area contributed by atoms with E-state index >= 15 is 0 Å². The van der Waals surface area contributed by atoms with Gasteiger partial charge in [0.1, 0.15) is 6.04 Å². The number of nitrogens with one attached hydrogen (secondary N) is 3. The van der Waals surface area contributed by atoms with E-state index in [0.29, 0.717) is 32.0 Å². The molecule has 7 nitrogen and oxygen atoms in total. The predicted molar refractivity (Wildman–Crippen MR) is 157 cm³/mol. The Hall–Kier alpha value is -4.10. The number of anilines is 1. The van der Waals surface area contributed by atoms with Crippen LogP contribution in [0.2, 0.25) is 0 Å². The van der Waals surface area contributed by atoms with Crippen molar-refractivity contribution in [2.75, 3.05) is 25.0 Å². The van der Waals surface area contributed by atoms with Gasteiger partial charge in [-0.15, -0.1) is 0 Å². The number of carbonyl (C=O) groups is 2. The van der Waals surface area contributed by atoms with Gasteiger partial charge >= 0.3 is 6.03 Å². The van der Waals surface area contributed by atoms with E-state index in [4.69, 9.17) is 5.73 Å². The number of rotatable bonds is 8. The second kappa shape index (κ2) is 12.2. The number of carbonyl (C=O) groups excluding carboxylic acids is 2. The summed E-state index contributed by atoms with van der Waals surface area (Å²) >= 11 is 0. The molecule has 2 atom stereocenters. The molecule has 2 heterocycles. The summed E-state index contributed by atoms with van der Waals surface area (Å²) < 4.78 is 0. The average molecular weight is 524 g/mol. The largest absolute Gasteiger partial charge is 0.361 e. The van der Waals surface area contributed by atoms with Crippen LogP contribution in [0.4, 0.5) is 10.5 Å². The molecule has 1 aromatic heterocycles. The van der Waals surface area contributed by atoms with E-state index in [9.17, 15) is 9.59 Å². The van der Waals surface area contributed by atoms with Crippen molar-refractivity contribution in [3.63, 3.8) is 0 Å². The summed E-state index contributed by atoms with van der Waals surface area (Å²) in [5.41, 5.74) is 10.8. The van der Waals surface area contributed by atoms with Crippen molar-refractivity contribution < 1.29 is 9.59 Å². The Morgan fingerprint density at radius 1 is 0.974 bits per heavy atom. The van der Waals surface area contributed by atoms with E-state index in [0.717, 1.165) is 40.6 Å². The summed E-state index contributed by atoms with van der Waals surface area (Å²) in [5.74, 6) is -0.0723. The second-order valence-electron chi connectivity index (χ2n) is 10.4. The first-order valence-corrected chi connectivity index (χ1v) is 13.8. The molecule has 0 saturated carbocycles. The zero-order valence-electron chi connectivity index (χ0n) is 22.4. The summed E-state index contributed by atoms with van der Waals surface area (Å²) in [5, 5.41) is 7.23. The van der Waals surface area contributed by atoms with Crippen molar-refractivity contribution in [1.82, 2.24) is 15.2 Å². The number of aromatic nitrogens is 1. The standard InChI is InChI=1S/C32H37N5O2/c1-22(27-21-34-29-14-8-6-12-26(27)29)30(31(38)35-28-13-7-5-11-25(28)15-18-33)36-32(39)37-19-16-24(17-20-37)23-9-3-2-4-10-23/h2-14,21-22,24,30,34H,15-20,33H2,1H3,(H,35,38)(H,36,39). The number of hydrogen-bond donors (Lipinski definition) is 4. The van der Waals surface area contributed by atoms with E-state index in [1.54, 1.807) is 0 Å². The molecule has 0 spiro atoms. The number of fused-ring (bicyclic) bond motifs is 1. The number of urea groups is 1. The van der Waals surface area contributed by atoms with Gasteiger partial charge in [-0.05, 0) is 60.5 Å². The summed E-state index contributed by atoms with van der Waals surface area (Å²) in [6.45, 7) is 3.78. The van der Waals surface area contributed by atoms with Gasteiger partial charge in [-0.25, -0.2) is 4.79 Å². The van der Waals surface area contributed by atoms with Crippen LogP contribution in [0, 0.1) is 0 Å². The smallest absolute Gasteiger partial charge is 0.318 e. The number of nitrogens with two attached hydrogens (primary N) is 1. The van der Waals surface area contributed by atoms with Crippen LogP contribution in [-0.2, 0) is 11.2 Å². The molecule has 1 aliphatic rings. The SMILES string of the molecule is CC(c1c[nH]c2ccccc12)C(NC(=O)N1CCC(c2ccccc2)CC1)C(=O)Nc1ccccc1CCN. The molecule has 202 valence electrons. The number of amides is 3. The lowest BCUT2D eigenvalue weighted by atomic mass is 9.89. The molecule has 3 amide bonds. The molecule has 4 aromatic rings. The lowest BCUT2D eigenvalue weighted by Gasteiger charge is -2.34. The van der Waals surface area contributed by atoms with Gasteiger partial charge in [0.15, 0.2) is 0 Å². The maximum Gasteiger partial charge on any atom is 0.318 e. The summed E-state index contributed by atoms with van der Waals surface area (Å²) in [6, 6.07) is 25.2. The zero-order valence-corrected chi connectivity index (χ0v) is 22.4. The number of H-pyrrole nitrogens is 1. The number of piperidine rings is 1. The molecule has 2 unspecified atom stereocenters. The molecule has 5 N–H and O–H groups in total. The van der Waals surface area contributed by atoms with E-state index in [1.165, 1.54) is 5.56 Å². The Bertz CT molecular complexity index is 1410. The first-order chi connectivity index (χ1) is 19.0. The molecule has 1 saturated heterocycles. The Labute approximate surface area is 229 Å². The fraction of sp³-hybridized carbons (Fsp3) is 0.312. The molecule has 0 aliphatic carbocycles. The number of para-hydroxylation sites is 2. The van der Waals surface area contributed by atoms with Gasteiger partial charge in [0, 0.05) is 41.8 Å². The van der Waals surface area contributed by atoms with E-state index < -0.39 is 6.04 Å². The van der Waals surface area contributed by atoms with Crippen molar-refractivity contribution in [2.24, 2.45) is 5.73 Å². The average Bonchev–Trinajstić information content (AvgIpc) is 3.41. The van der Waals surface area contributed by atoms with Gasteiger partial charge in [-0.1, -0.05) is 73.7 Å². The Morgan fingerprint density at radius 2 is 1.67 bits per heavy atom. The highest BCUT2D eigenvalue weighted by atomic mass is 16.2. The minimum absolute atomic E-state index is 0.205. The van der Waals surface area contributed by atoms with E-state index in [-0.39, 0.29) is 17.9 Å². The molecule has 0 radical (unpaired) electrons. The molecule has 39 heavy (non-hydrogen) atoms. The highest BCUT2D eigenvalue weighted by molar-refractivity contribution is 5.99. The van der Waals surface area contributed by atoms with Gasteiger partial charge in [-0.2, -0.15) is 0 Å². The number of hydrogen-bond acceptors (Lipinski definition) is 3. The summed E-state index contributed by atoms with van der Waals surface area (Å²) in [6.07, 6.45) is 4.40. The molecular formula is C32H37N5O2. The van der Waals surface area contributed by atoms with Crippen LogP contribution >= 0.6 is 0 Å². The minimum Gasteiger partial charge on any atom is -0.361 e. The lowest BCUT2D eigenvalue weighted by Crippen LogP contribution is -2.53. The molecule has 1 aliphatic heterocycles. The van der Waals surface area contributed by atoms with Crippen LogP contribution in [0.3, 0.4) is 0 Å². The van der Waals surface area contributed by atoms with Crippen molar-refractivity contribution in [3.05, 3.63) is 102 Å². The fourth-order valence-corrected chi connectivity index (χ4v) is 5.66. The predicted octanol–water partition coefficient (Wildman–Crippen LogP) is 5.37. The number of likely N-dealkylation sites (tertiary alicyclic amines) is 1. The molecule has 5 rings (SSSR count). The van der Waals surface area contributed by atoms with Gasteiger partial charge in [-0.3, -0.25) is 4.79 Å². The molecule has 0 bridgehead atoms. The van der Waals surface area contributed by atoms with Crippen LogP contribution in [0.1, 0.15) is 48.3 Å². The molecule has 1 fully saturated rings. The first kappa shape index (κ1) is 26.5. The highest BCUT2D eigenvalue weighted by Crippen LogP contribution is 2.30. The third-order valence-electron chi connectivity index (χ3n) is 7.92. The monoisotopic (exact) mass is 523 g/mol. The van der Waals surface area contributed by atoms with Crippen LogP contribution in [0.25, 0.3) is 10.9 Å². The Morgan fingerprint density at radius 3 is 2.44 bits per heavy atom. The topological polar surface area (TPSA) is 103 Å². The third kappa shape index (κ3) is 5.99. The molecule has 7 heteroatoms. The highest BCUT2D eigenvalue weighted by Gasteiger charge is 2.32. The van der Waals surface area contributed by atoms with Crippen LogP contribution in [0.15, 0.2) is 85.1 Å². The molecule has 3 aromatic carbocycles. The number of nitrogens with zero attached hydrogens (tertiary/aromatic N) is 1. The molecular weight excluding hydrogens is 486 g/mol. The van der Waals surface area contributed by atoms with Gasteiger partial charge < -0.3 is 26.3 Å². The van der Waals surface area contributed by atoms with Crippen molar-refractivity contribution in [2.45, 2.75) is 44.1 Å². The van der Waals surface area contributed by atoms with E-state index in [2.05, 4.69) is 39.9 Å². The number of aromatic amines is 1. The lowest BCUT2D eigenvalue weighted by molar-refractivity contribution is -0.118. The fourth-order valence-electron chi connectivity index (χ4n) is 5.66. The summed E-state index contributed by atoms with van der Waals surface area (Å²) in [4.78, 5) is 32.5. The summed E-state index contributed by atoms with van der Waals surface area (Å²) in [7, 11) is 0. The normalized spacial score (nSPS) is 15.6. The maximum absolute atomic E-state index is 13.8. The van der Waals surface area contributed by atoms with Gasteiger partial charge in [0.25, 0.3) is 0 Å². The van der Waals surface area contributed by atoms with Crippen molar-refractivity contribution in [3.8, 4) is 0 Å². The van der Waals surface area contributed by atoms with Gasteiger partial charge in [0.2, 0.25) is 5.91 Å². The van der Waals surface area contributed by atoms with Crippen molar-refractivity contribution >= 4 is 28.5 Å². The maximum atomic E-state index is 13.8. The van der Waals surface area contributed by atoms with Crippen LogP contribution < -0.4 is 16.4 Å². The van der Waals surface area contributed by atoms with E-state index in [1.807, 2.05) is 72.6 Å². The first-order valence-electron chi connectivity index (χ1n) is 13.8. The quantitative estimate of drug-likeness (QED) is 0.250. The number of benzene rings is 3. The van der Waals surface area contributed by atoms with Crippen molar-refractivity contribution in [1.29, 1.82) is 0 Å². The second-order valence-corrected chi connectivity index (χ2v) is 10.4.